The minimum atomic E-state index is -0.245. The first-order chi connectivity index (χ1) is 14.1. The summed E-state index contributed by atoms with van der Waals surface area (Å²) in [6, 6.07) is 15.0. The van der Waals surface area contributed by atoms with E-state index in [4.69, 9.17) is 9.15 Å². The number of hydrogen-bond acceptors (Lipinski definition) is 6. The van der Waals surface area contributed by atoms with Crippen molar-refractivity contribution in [3.05, 3.63) is 84.5 Å². The number of carbonyl (C=O) groups excluding carboxylic acids is 1. The number of aromatic nitrogens is 3. The molecule has 4 aromatic rings. The van der Waals surface area contributed by atoms with Crippen molar-refractivity contribution < 1.29 is 13.9 Å². The molecular weight excluding hydrogens is 368 g/mol. The molecule has 0 saturated carbocycles. The van der Waals surface area contributed by atoms with Crippen LogP contribution in [0.2, 0.25) is 0 Å². The number of carbonyl (C=O) groups is 1. The van der Waals surface area contributed by atoms with E-state index in [9.17, 15) is 4.79 Å². The Balaban J connectivity index is 1.44. The second kappa shape index (κ2) is 8.10. The number of fused-ring (bicyclic) bond motifs is 1. The normalized spacial score (nSPS) is 11.9. The molecule has 0 spiro atoms. The van der Waals surface area contributed by atoms with Crippen LogP contribution in [0.4, 0.5) is 0 Å². The first kappa shape index (κ1) is 18.6. The zero-order chi connectivity index (χ0) is 20.2. The largest absolute Gasteiger partial charge is 0.482 e. The van der Waals surface area contributed by atoms with Gasteiger partial charge in [-0.25, -0.2) is 4.98 Å². The number of nitrogens with zero attached hydrogens (tertiary/aromatic N) is 4. The van der Waals surface area contributed by atoms with E-state index in [1.807, 2.05) is 55.5 Å². The van der Waals surface area contributed by atoms with Crippen LogP contribution in [0, 0.1) is 0 Å². The number of rotatable bonds is 6. The fourth-order valence-corrected chi connectivity index (χ4v) is 2.99. The monoisotopic (exact) mass is 388 g/mol. The molecule has 1 unspecified atom stereocenters. The number of para-hydroxylation sites is 1. The predicted molar refractivity (Wildman–Crippen MR) is 107 cm³/mol. The molecule has 0 radical (unpaired) electrons. The minimum Gasteiger partial charge on any atom is -0.482 e. The van der Waals surface area contributed by atoms with Gasteiger partial charge in [-0.1, -0.05) is 24.3 Å². The Labute approximate surface area is 168 Å². The lowest BCUT2D eigenvalue weighted by Gasteiger charge is -2.23. The van der Waals surface area contributed by atoms with Gasteiger partial charge < -0.3 is 14.1 Å². The molecule has 1 amide bonds. The Kier molecular flexibility index (Phi) is 5.20. The van der Waals surface area contributed by atoms with Crippen molar-refractivity contribution in [1.82, 2.24) is 19.9 Å². The molecule has 3 heterocycles. The van der Waals surface area contributed by atoms with Gasteiger partial charge in [0, 0.05) is 24.8 Å². The summed E-state index contributed by atoms with van der Waals surface area (Å²) in [7, 11) is 1.72. The van der Waals surface area contributed by atoms with E-state index in [1.165, 1.54) is 6.26 Å². The molecule has 7 heteroatoms. The van der Waals surface area contributed by atoms with E-state index in [0.29, 0.717) is 11.6 Å². The molecule has 3 aromatic heterocycles. The molecule has 146 valence electrons. The lowest BCUT2D eigenvalue weighted by Crippen LogP contribution is -2.30. The molecule has 0 aliphatic carbocycles. The lowest BCUT2D eigenvalue weighted by molar-refractivity contribution is 0.0733. The van der Waals surface area contributed by atoms with Crippen molar-refractivity contribution in [3.8, 4) is 5.75 Å². The van der Waals surface area contributed by atoms with Crippen LogP contribution < -0.4 is 4.74 Å². The maximum absolute atomic E-state index is 12.7. The second-order valence-electron chi connectivity index (χ2n) is 6.59. The highest BCUT2D eigenvalue weighted by Gasteiger charge is 2.22. The maximum atomic E-state index is 12.7. The topological polar surface area (TPSA) is 81.4 Å². The van der Waals surface area contributed by atoms with Crippen LogP contribution in [-0.2, 0) is 6.61 Å². The Hall–Kier alpha value is -3.74. The minimum absolute atomic E-state index is 0.0997. The SMILES string of the molecule is CC(c1ccccn1)N(C)C(=O)c1coc(COc2cccc3cccnc23)n1. The number of amides is 1. The highest BCUT2D eigenvalue weighted by Crippen LogP contribution is 2.24. The van der Waals surface area contributed by atoms with Gasteiger partial charge in [-0.05, 0) is 31.2 Å². The van der Waals surface area contributed by atoms with Crippen LogP contribution in [0.25, 0.3) is 10.9 Å². The predicted octanol–water partition coefficient (Wildman–Crippen LogP) is 4.03. The summed E-state index contributed by atoms with van der Waals surface area (Å²) in [4.78, 5) is 27.3. The first-order valence-electron chi connectivity index (χ1n) is 9.22. The molecule has 0 bridgehead atoms. The van der Waals surface area contributed by atoms with E-state index >= 15 is 0 Å². The second-order valence-corrected chi connectivity index (χ2v) is 6.59. The molecule has 0 aliphatic heterocycles. The maximum Gasteiger partial charge on any atom is 0.276 e. The quantitative estimate of drug-likeness (QED) is 0.496. The summed E-state index contributed by atoms with van der Waals surface area (Å²) in [5.74, 6) is 0.709. The van der Waals surface area contributed by atoms with E-state index in [2.05, 4.69) is 15.0 Å². The zero-order valence-electron chi connectivity index (χ0n) is 16.1. The van der Waals surface area contributed by atoms with Crippen LogP contribution in [-0.4, -0.2) is 32.8 Å². The number of oxazole rings is 1. The van der Waals surface area contributed by atoms with E-state index < -0.39 is 0 Å². The average molecular weight is 388 g/mol. The Morgan fingerprint density at radius 2 is 1.93 bits per heavy atom. The van der Waals surface area contributed by atoms with Crippen LogP contribution in [0.5, 0.6) is 5.75 Å². The van der Waals surface area contributed by atoms with Gasteiger partial charge in [0.25, 0.3) is 5.91 Å². The van der Waals surface area contributed by atoms with Crippen molar-refractivity contribution in [2.45, 2.75) is 19.6 Å². The summed E-state index contributed by atoms with van der Waals surface area (Å²) in [5, 5.41) is 0.985. The molecule has 0 N–H and O–H groups in total. The molecule has 29 heavy (non-hydrogen) atoms. The van der Waals surface area contributed by atoms with Crippen LogP contribution in [0.3, 0.4) is 0 Å². The zero-order valence-corrected chi connectivity index (χ0v) is 16.1. The standard InChI is InChI=1S/C22H20N4O3/c1-15(17-9-3-4-11-23-17)26(2)22(27)18-13-29-20(25-18)14-28-19-10-5-7-16-8-6-12-24-21(16)19/h3-13,15H,14H2,1-2H3. The Morgan fingerprint density at radius 3 is 2.76 bits per heavy atom. The summed E-state index contributed by atoms with van der Waals surface area (Å²) < 4.78 is 11.3. The van der Waals surface area contributed by atoms with Crippen molar-refractivity contribution in [3.63, 3.8) is 0 Å². The van der Waals surface area contributed by atoms with Gasteiger partial charge in [0.15, 0.2) is 12.3 Å². The third-order valence-corrected chi connectivity index (χ3v) is 4.73. The van der Waals surface area contributed by atoms with Gasteiger partial charge in [-0.3, -0.25) is 14.8 Å². The number of ether oxygens (including phenoxy) is 1. The summed E-state index contributed by atoms with van der Waals surface area (Å²) in [6.45, 7) is 2.01. The molecule has 7 nitrogen and oxygen atoms in total. The van der Waals surface area contributed by atoms with Crippen LogP contribution >= 0.6 is 0 Å². The van der Waals surface area contributed by atoms with Gasteiger partial charge >= 0.3 is 0 Å². The molecule has 4 rings (SSSR count). The van der Waals surface area contributed by atoms with Crippen LogP contribution in [0.1, 0.15) is 35.0 Å². The van der Waals surface area contributed by atoms with Crippen molar-refractivity contribution in [2.75, 3.05) is 7.05 Å². The molecular formula is C22H20N4O3. The molecule has 0 fully saturated rings. The van der Waals surface area contributed by atoms with Gasteiger partial charge in [-0.2, -0.15) is 0 Å². The smallest absolute Gasteiger partial charge is 0.276 e. The highest BCUT2D eigenvalue weighted by molar-refractivity contribution is 5.92. The van der Waals surface area contributed by atoms with Crippen LogP contribution in [0.15, 0.2) is 71.6 Å². The van der Waals surface area contributed by atoms with Crippen molar-refractivity contribution in [2.24, 2.45) is 0 Å². The summed E-state index contributed by atoms with van der Waals surface area (Å²) in [5.41, 5.74) is 1.80. The fourth-order valence-electron chi connectivity index (χ4n) is 2.99. The first-order valence-corrected chi connectivity index (χ1v) is 9.22. The number of hydrogen-bond donors (Lipinski definition) is 0. The summed E-state index contributed by atoms with van der Waals surface area (Å²) >= 11 is 0. The van der Waals surface area contributed by atoms with Crippen molar-refractivity contribution in [1.29, 1.82) is 0 Å². The molecule has 0 saturated heterocycles. The molecule has 0 aliphatic rings. The van der Waals surface area contributed by atoms with Gasteiger partial charge in [0.05, 0.1) is 11.7 Å². The van der Waals surface area contributed by atoms with E-state index in [0.717, 1.165) is 16.6 Å². The van der Waals surface area contributed by atoms with Gasteiger partial charge in [0.2, 0.25) is 5.89 Å². The van der Waals surface area contributed by atoms with E-state index in [-0.39, 0.29) is 24.2 Å². The average Bonchev–Trinajstić information content (AvgIpc) is 3.25. The molecule has 1 aromatic carbocycles. The lowest BCUT2D eigenvalue weighted by atomic mass is 10.2. The third kappa shape index (κ3) is 3.94. The summed E-state index contributed by atoms with van der Waals surface area (Å²) in [6.07, 6.45) is 4.78. The number of pyridine rings is 2. The Bertz CT molecular complexity index is 1120. The van der Waals surface area contributed by atoms with Gasteiger partial charge in [0.1, 0.15) is 17.5 Å². The van der Waals surface area contributed by atoms with E-state index in [1.54, 1.807) is 24.3 Å². The van der Waals surface area contributed by atoms with Crippen molar-refractivity contribution >= 4 is 16.8 Å². The molecule has 1 atom stereocenters. The fraction of sp³-hybridized carbons (Fsp3) is 0.182. The van der Waals surface area contributed by atoms with Gasteiger partial charge in [-0.15, -0.1) is 0 Å². The Morgan fingerprint density at radius 1 is 1.10 bits per heavy atom. The highest BCUT2D eigenvalue weighted by atomic mass is 16.5. The third-order valence-electron chi connectivity index (χ3n) is 4.73. The number of benzene rings is 1.